The van der Waals surface area contributed by atoms with E-state index >= 15 is 0 Å². The molecule has 0 unspecified atom stereocenters. The van der Waals surface area contributed by atoms with Crippen molar-refractivity contribution in [2.24, 2.45) is 0 Å². The first-order valence-corrected chi connectivity index (χ1v) is 24.9. The molecule has 0 saturated heterocycles. The molecule has 0 amide bonds. The number of benzene rings is 9. The molecule has 68 heavy (non-hydrogen) atoms. The number of hydrogen-bond acceptors (Lipinski definition) is 0. The van der Waals surface area contributed by atoms with E-state index in [0.717, 1.165) is 0 Å². The van der Waals surface area contributed by atoms with E-state index in [1.165, 1.54) is 144 Å². The summed E-state index contributed by atoms with van der Waals surface area (Å²) in [6.07, 6.45) is 0. The van der Waals surface area contributed by atoms with E-state index in [0.29, 0.717) is 0 Å². The fourth-order valence-corrected chi connectivity index (χ4v) is 11.4. The van der Waals surface area contributed by atoms with Crippen molar-refractivity contribution in [1.29, 1.82) is 0 Å². The highest BCUT2D eigenvalue weighted by molar-refractivity contribution is 6.33. The first-order valence-electron chi connectivity index (χ1n) is 24.9. The summed E-state index contributed by atoms with van der Waals surface area (Å²) in [4.78, 5) is 0. The highest BCUT2D eigenvalue weighted by atomic mass is 14.4. The average Bonchev–Trinajstić information content (AvgIpc) is 3.79. The largest absolute Gasteiger partial charge is 0.0616 e. The van der Waals surface area contributed by atoms with Gasteiger partial charge in [0.1, 0.15) is 0 Å². The van der Waals surface area contributed by atoms with Crippen LogP contribution in [0.5, 0.6) is 0 Å². The third kappa shape index (κ3) is 6.92. The van der Waals surface area contributed by atoms with Crippen molar-refractivity contribution in [2.45, 2.75) is 119 Å². The van der Waals surface area contributed by atoms with Gasteiger partial charge in [-0.25, -0.2) is 0 Å². The monoisotopic (exact) mass is 883 g/mol. The minimum absolute atomic E-state index is 0.0132. The van der Waals surface area contributed by atoms with Gasteiger partial charge in [-0.1, -0.05) is 240 Å². The second-order valence-electron chi connectivity index (χ2n) is 24.4. The SMILES string of the molecule is Cc1cccc(-c2c3c(c(-c4cccc(C)c4)c4ccccc24)-c2ccc4c5c(ccc-3c25)-c2c(-c3cc(C(C)(C)C)cc(C(C)(C)C)c3)ccc(-c3cc(C(C)(C)C)cc(C(C)(C)C)c3)c2-4)c1. The zero-order valence-electron chi connectivity index (χ0n) is 42.9. The first-order chi connectivity index (χ1) is 32.1. The molecule has 9 aromatic carbocycles. The van der Waals surface area contributed by atoms with Gasteiger partial charge in [0.25, 0.3) is 0 Å². The van der Waals surface area contributed by atoms with Crippen LogP contribution < -0.4 is 0 Å². The quantitative estimate of drug-likeness (QED) is 0.165. The number of aryl methyl sites for hydroxylation is 2. The Morgan fingerprint density at radius 1 is 0.250 bits per heavy atom. The van der Waals surface area contributed by atoms with Crippen molar-refractivity contribution < 1.29 is 0 Å². The average molecular weight is 883 g/mol. The summed E-state index contributed by atoms with van der Waals surface area (Å²) in [5.41, 5.74) is 29.1. The molecule has 0 nitrogen and oxygen atoms in total. The standard InChI is InChI=1S/C68H66/c1-39-19-17-21-41(31-39)57-51-23-15-16-24-52(51)58(42-22-18-20-40(2)32-42)64-56-30-28-54-60-50(44-35-47(67(9,10)11)38-48(36-44)68(12,13)14)26-25-49(59(60)53-27-29-55(63(57)64)62(56)61(53)54)43-33-45(65(3,4)5)37-46(34-43)66(6,7)8/h15-38H,1-14H3. The van der Waals surface area contributed by atoms with Gasteiger partial charge in [-0.3, -0.25) is 0 Å². The molecule has 0 heterocycles. The van der Waals surface area contributed by atoms with Crippen molar-refractivity contribution >= 4 is 21.5 Å². The summed E-state index contributed by atoms with van der Waals surface area (Å²) in [7, 11) is 0. The topological polar surface area (TPSA) is 0 Å². The van der Waals surface area contributed by atoms with E-state index in [2.05, 4.69) is 243 Å². The maximum Gasteiger partial charge on any atom is -0.000740 e. The van der Waals surface area contributed by atoms with Gasteiger partial charge in [-0.2, -0.15) is 0 Å². The van der Waals surface area contributed by atoms with Crippen molar-refractivity contribution in [1.82, 2.24) is 0 Å². The fraction of sp³-hybridized carbons (Fsp3) is 0.265. The molecule has 338 valence electrons. The summed E-state index contributed by atoms with van der Waals surface area (Å²) < 4.78 is 0. The number of rotatable bonds is 4. The van der Waals surface area contributed by atoms with E-state index in [-0.39, 0.29) is 21.7 Å². The van der Waals surface area contributed by atoms with Crippen LogP contribution >= 0.6 is 0 Å². The predicted molar refractivity (Wildman–Crippen MR) is 296 cm³/mol. The molecule has 0 fully saturated rings. The van der Waals surface area contributed by atoms with Crippen molar-refractivity contribution in [2.75, 3.05) is 0 Å². The van der Waals surface area contributed by atoms with E-state index in [1.54, 1.807) is 0 Å². The van der Waals surface area contributed by atoms with Crippen molar-refractivity contribution in [3.05, 3.63) is 179 Å². The maximum atomic E-state index is 2.49. The Bertz CT molecular complexity index is 3300. The highest BCUT2D eigenvalue weighted by Crippen LogP contribution is 2.63. The molecule has 0 atom stereocenters. The van der Waals surface area contributed by atoms with Gasteiger partial charge in [0.2, 0.25) is 0 Å². The van der Waals surface area contributed by atoms with Crippen molar-refractivity contribution in [3.63, 3.8) is 0 Å². The zero-order chi connectivity index (χ0) is 48.0. The van der Waals surface area contributed by atoms with Crippen LogP contribution in [0.15, 0.2) is 146 Å². The van der Waals surface area contributed by atoms with Crippen LogP contribution in [0.1, 0.15) is 116 Å². The van der Waals surface area contributed by atoms with Gasteiger partial charge >= 0.3 is 0 Å². The van der Waals surface area contributed by atoms with Crippen LogP contribution in [0.4, 0.5) is 0 Å². The molecule has 0 aromatic heterocycles. The normalized spacial score (nSPS) is 13.1. The molecule has 2 aliphatic rings. The van der Waals surface area contributed by atoms with Crippen LogP contribution in [-0.2, 0) is 21.7 Å². The minimum atomic E-state index is -0.0132. The Labute approximate surface area is 406 Å². The van der Waals surface area contributed by atoms with Crippen molar-refractivity contribution in [3.8, 4) is 89.0 Å². The predicted octanol–water partition coefficient (Wildman–Crippen LogP) is 19.8. The Hall–Kier alpha value is -6.50. The second-order valence-corrected chi connectivity index (χ2v) is 24.4. The summed E-state index contributed by atoms with van der Waals surface area (Å²) in [5, 5.41) is 5.34. The van der Waals surface area contributed by atoms with Crippen LogP contribution in [0.3, 0.4) is 0 Å². The van der Waals surface area contributed by atoms with Crippen LogP contribution in [0.2, 0.25) is 0 Å². The lowest BCUT2D eigenvalue weighted by molar-refractivity contribution is 0.568. The van der Waals surface area contributed by atoms with Gasteiger partial charge in [0.15, 0.2) is 0 Å². The molecule has 0 radical (unpaired) electrons. The Balaban J connectivity index is 1.29. The number of hydrogen-bond donors (Lipinski definition) is 0. The van der Waals surface area contributed by atoms with Gasteiger partial charge in [0.05, 0.1) is 0 Å². The molecule has 0 N–H and O–H groups in total. The molecule has 2 aliphatic carbocycles. The minimum Gasteiger partial charge on any atom is -0.0616 e. The third-order valence-corrected chi connectivity index (χ3v) is 15.2. The summed E-state index contributed by atoms with van der Waals surface area (Å²) in [6, 6.07) is 57.2. The summed E-state index contributed by atoms with van der Waals surface area (Å²) >= 11 is 0. The molecule has 0 saturated carbocycles. The lowest BCUT2D eigenvalue weighted by atomic mass is 9.77. The molecule has 0 bridgehead atoms. The third-order valence-electron chi connectivity index (χ3n) is 15.2. The summed E-state index contributed by atoms with van der Waals surface area (Å²) in [5.74, 6) is 0. The van der Waals surface area contributed by atoms with Crippen LogP contribution in [0, 0.1) is 13.8 Å². The van der Waals surface area contributed by atoms with Crippen LogP contribution in [0.25, 0.3) is 111 Å². The molecular weight excluding hydrogens is 817 g/mol. The highest BCUT2D eigenvalue weighted by Gasteiger charge is 2.37. The zero-order valence-corrected chi connectivity index (χ0v) is 42.9. The smallest absolute Gasteiger partial charge is 0.000740 e. The Kier molecular flexibility index (Phi) is 9.71. The van der Waals surface area contributed by atoms with Gasteiger partial charge < -0.3 is 0 Å². The molecular formula is C68H66. The summed E-state index contributed by atoms with van der Waals surface area (Å²) in [6.45, 7) is 32.7. The Morgan fingerprint density at radius 2 is 0.559 bits per heavy atom. The molecule has 0 spiro atoms. The van der Waals surface area contributed by atoms with E-state index in [1.807, 2.05) is 0 Å². The molecule has 0 heteroatoms. The van der Waals surface area contributed by atoms with E-state index in [9.17, 15) is 0 Å². The van der Waals surface area contributed by atoms with E-state index < -0.39 is 0 Å². The number of fused-ring (bicyclic) bond motifs is 7. The van der Waals surface area contributed by atoms with Gasteiger partial charge in [-0.05, 0) is 168 Å². The second kappa shape index (κ2) is 15.0. The molecule has 0 aliphatic heterocycles. The lowest BCUT2D eigenvalue weighted by Gasteiger charge is -2.28. The van der Waals surface area contributed by atoms with Gasteiger partial charge in [-0.15, -0.1) is 0 Å². The fourth-order valence-electron chi connectivity index (χ4n) is 11.4. The lowest BCUT2D eigenvalue weighted by Crippen LogP contribution is -2.16. The molecule has 11 rings (SSSR count). The molecule has 9 aromatic rings. The Morgan fingerprint density at radius 3 is 0.868 bits per heavy atom. The van der Waals surface area contributed by atoms with E-state index in [4.69, 9.17) is 0 Å². The van der Waals surface area contributed by atoms with Crippen LogP contribution in [-0.4, -0.2) is 0 Å². The first kappa shape index (κ1) is 44.0. The maximum absolute atomic E-state index is 2.49. The van der Waals surface area contributed by atoms with Gasteiger partial charge in [0, 0.05) is 0 Å².